The van der Waals surface area contributed by atoms with Gasteiger partial charge in [-0.2, -0.15) is 5.10 Å². The number of nitrogens with one attached hydrogen (secondary N) is 2. The molecule has 1 aromatic heterocycles. The highest BCUT2D eigenvalue weighted by atomic mass is 35.5. The lowest BCUT2D eigenvalue weighted by atomic mass is 9.58. The lowest BCUT2D eigenvalue weighted by Gasteiger charge is -2.49. The number of hydrogen-bond acceptors (Lipinski definition) is 4. The molecule has 4 rings (SSSR count). The summed E-state index contributed by atoms with van der Waals surface area (Å²) in [7, 11) is -3.19. The zero-order chi connectivity index (χ0) is 20.5. The second-order valence-corrected chi connectivity index (χ2v) is 10.5. The molecule has 2 aliphatic rings. The number of aromatic nitrogens is 2. The van der Waals surface area contributed by atoms with Crippen molar-refractivity contribution in [3.8, 4) is 0 Å². The number of halogens is 2. The van der Waals surface area contributed by atoms with Crippen LogP contribution in [0.1, 0.15) is 55.5 Å². The third kappa shape index (κ3) is 4.70. The molecule has 166 valence electrons. The zero-order valence-electron chi connectivity index (χ0n) is 17.2. The number of sulfonamides is 1. The molecular weight excluding hydrogens is 443 g/mol. The Morgan fingerprint density at radius 2 is 2.03 bits per heavy atom. The van der Waals surface area contributed by atoms with E-state index in [9.17, 15) is 8.42 Å². The second-order valence-electron chi connectivity index (χ2n) is 8.17. The van der Waals surface area contributed by atoms with Crippen LogP contribution in [0.3, 0.4) is 0 Å². The Morgan fingerprint density at radius 1 is 1.30 bits per heavy atom. The summed E-state index contributed by atoms with van der Waals surface area (Å²) in [5.74, 6) is 0.165. The third-order valence-corrected chi connectivity index (χ3v) is 8.08. The van der Waals surface area contributed by atoms with Crippen LogP contribution >= 0.6 is 24.0 Å². The van der Waals surface area contributed by atoms with Gasteiger partial charge in [0.15, 0.2) is 0 Å². The first-order valence-electron chi connectivity index (χ1n) is 10.5. The van der Waals surface area contributed by atoms with Gasteiger partial charge in [-0.05, 0) is 55.5 Å². The van der Waals surface area contributed by atoms with E-state index in [1.165, 1.54) is 17.5 Å². The Morgan fingerprint density at radius 3 is 2.67 bits per heavy atom. The smallest absolute Gasteiger partial charge is 0.211 e. The van der Waals surface area contributed by atoms with Crippen LogP contribution in [0, 0.1) is 0 Å². The lowest BCUT2D eigenvalue weighted by Crippen LogP contribution is -2.49. The van der Waals surface area contributed by atoms with Gasteiger partial charge in [-0.25, -0.2) is 13.1 Å². The molecule has 2 heterocycles. The highest BCUT2D eigenvalue weighted by Gasteiger charge is 2.48. The minimum absolute atomic E-state index is 0. The Hall–Kier alpha value is -1.12. The van der Waals surface area contributed by atoms with Gasteiger partial charge in [-0.1, -0.05) is 37.1 Å². The molecule has 1 atom stereocenters. The molecule has 1 saturated carbocycles. The average Bonchev–Trinajstić information content (AvgIpc) is 3.05. The van der Waals surface area contributed by atoms with E-state index < -0.39 is 10.0 Å². The van der Waals surface area contributed by atoms with Crippen molar-refractivity contribution in [1.82, 2.24) is 19.8 Å². The molecule has 1 fully saturated rings. The number of rotatable bonds is 8. The van der Waals surface area contributed by atoms with Gasteiger partial charge in [0.1, 0.15) is 0 Å². The van der Waals surface area contributed by atoms with Crippen LogP contribution in [0.2, 0.25) is 5.02 Å². The van der Waals surface area contributed by atoms with Gasteiger partial charge in [-0.15, -0.1) is 12.4 Å². The highest BCUT2D eigenvalue weighted by Crippen LogP contribution is 2.53. The maximum Gasteiger partial charge on any atom is 0.211 e. The fraction of sp³-hybridized carbons (Fsp3) is 0.571. The molecule has 0 bridgehead atoms. The van der Waals surface area contributed by atoms with Gasteiger partial charge < -0.3 is 5.32 Å². The Labute approximate surface area is 190 Å². The van der Waals surface area contributed by atoms with Gasteiger partial charge in [0, 0.05) is 23.2 Å². The first-order chi connectivity index (χ1) is 13.9. The van der Waals surface area contributed by atoms with Gasteiger partial charge >= 0.3 is 0 Å². The fourth-order valence-electron chi connectivity index (χ4n) is 4.67. The predicted octanol–water partition coefficient (Wildman–Crippen LogP) is 3.60. The number of hydrogen-bond donors (Lipinski definition) is 2. The summed E-state index contributed by atoms with van der Waals surface area (Å²) >= 11 is 6.11. The van der Waals surface area contributed by atoms with Crippen molar-refractivity contribution in [1.29, 1.82) is 0 Å². The molecule has 0 radical (unpaired) electrons. The molecular formula is C21H30Cl2N4O2S. The lowest BCUT2D eigenvalue weighted by molar-refractivity contribution is 0.161. The van der Waals surface area contributed by atoms with Crippen LogP contribution in [0.5, 0.6) is 0 Å². The summed E-state index contributed by atoms with van der Waals surface area (Å²) in [5.41, 5.74) is 3.76. The van der Waals surface area contributed by atoms with Crippen molar-refractivity contribution in [3.05, 3.63) is 52.3 Å². The van der Waals surface area contributed by atoms with Crippen LogP contribution in [0.15, 0.2) is 30.5 Å². The number of fused-ring (bicyclic) bond motifs is 1. The van der Waals surface area contributed by atoms with Crippen LogP contribution in [-0.4, -0.2) is 37.0 Å². The van der Waals surface area contributed by atoms with Crippen molar-refractivity contribution in [2.24, 2.45) is 0 Å². The van der Waals surface area contributed by atoms with Crippen molar-refractivity contribution in [2.45, 2.75) is 57.0 Å². The average molecular weight is 473 g/mol. The molecule has 1 aliphatic carbocycles. The summed E-state index contributed by atoms with van der Waals surface area (Å²) in [6, 6.07) is 8.43. The quantitative estimate of drug-likeness (QED) is 0.615. The molecule has 1 aliphatic heterocycles. The summed E-state index contributed by atoms with van der Waals surface area (Å²) in [4.78, 5) is 0. The number of nitrogens with zero attached hydrogens (tertiary/aromatic N) is 2. The van der Waals surface area contributed by atoms with Gasteiger partial charge in [0.05, 0.1) is 24.0 Å². The van der Waals surface area contributed by atoms with Crippen LogP contribution < -0.4 is 10.0 Å². The predicted molar refractivity (Wildman–Crippen MR) is 123 cm³/mol. The normalized spacial score (nSPS) is 20.1. The standard InChI is InChI=1S/C21H29ClN4O2S.ClH/c1-2-14-29(27,28)24-12-13-26-15-16-8-11-23-20(19(16)25-26)21(9-3-10-21)17-4-6-18(22)7-5-17;/h4-7,15,20,23-24H,2-3,8-14H2,1H3;1H. The van der Waals surface area contributed by atoms with E-state index in [0.29, 0.717) is 19.5 Å². The molecule has 9 heteroatoms. The second kappa shape index (κ2) is 9.57. The molecule has 0 amide bonds. The van der Waals surface area contributed by atoms with E-state index in [-0.39, 0.29) is 29.6 Å². The van der Waals surface area contributed by atoms with Crippen molar-refractivity contribution < 1.29 is 8.42 Å². The highest BCUT2D eigenvalue weighted by molar-refractivity contribution is 7.89. The molecule has 0 saturated heterocycles. The van der Waals surface area contributed by atoms with Crippen LogP contribution in [-0.2, 0) is 28.4 Å². The minimum atomic E-state index is -3.19. The van der Waals surface area contributed by atoms with E-state index in [2.05, 4.69) is 28.4 Å². The van der Waals surface area contributed by atoms with Gasteiger partial charge in [0.2, 0.25) is 10.0 Å². The Bertz CT molecular complexity index is 956. The molecule has 1 unspecified atom stereocenters. The summed E-state index contributed by atoms with van der Waals surface area (Å²) in [5, 5.41) is 9.36. The topological polar surface area (TPSA) is 76.0 Å². The summed E-state index contributed by atoms with van der Waals surface area (Å²) in [6.07, 6.45) is 7.14. The van der Waals surface area contributed by atoms with E-state index in [1.54, 1.807) is 0 Å². The molecule has 30 heavy (non-hydrogen) atoms. The summed E-state index contributed by atoms with van der Waals surface area (Å²) in [6.45, 7) is 3.70. The van der Waals surface area contributed by atoms with E-state index >= 15 is 0 Å². The number of benzene rings is 1. The maximum absolute atomic E-state index is 11.9. The molecule has 0 spiro atoms. The zero-order valence-corrected chi connectivity index (χ0v) is 19.6. The SMILES string of the molecule is CCCS(=O)(=O)NCCn1cc2c(n1)C(C1(c3ccc(Cl)cc3)CCC1)NCC2.Cl. The minimum Gasteiger partial charge on any atom is -0.307 e. The van der Waals surface area contributed by atoms with Crippen molar-refractivity contribution >= 4 is 34.0 Å². The monoisotopic (exact) mass is 472 g/mol. The van der Waals surface area contributed by atoms with E-state index in [1.807, 2.05) is 23.7 Å². The summed E-state index contributed by atoms with van der Waals surface area (Å²) < 4.78 is 28.3. The first-order valence-corrected chi connectivity index (χ1v) is 12.5. The van der Waals surface area contributed by atoms with Gasteiger partial charge in [-0.3, -0.25) is 4.68 Å². The van der Waals surface area contributed by atoms with Crippen LogP contribution in [0.25, 0.3) is 0 Å². The van der Waals surface area contributed by atoms with Gasteiger partial charge in [0.25, 0.3) is 0 Å². The molecule has 6 nitrogen and oxygen atoms in total. The van der Waals surface area contributed by atoms with E-state index in [4.69, 9.17) is 16.7 Å². The fourth-order valence-corrected chi connectivity index (χ4v) is 5.88. The molecule has 2 aromatic rings. The first kappa shape index (κ1) is 23.5. The Balaban J connectivity index is 0.00000256. The molecule has 1 aromatic carbocycles. The largest absolute Gasteiger partial charge is 0.307 e. The maximum atomic E-state index is 11.9. The third-order valence-electron chi connectivity index (χ3n) is 6.24. The Kier molecular flexibility index (Phi) is 7.51. The van der Waals surface area contributed by atoms with Crippen molar-refractivity contribution in [2.75, 3.05) is 18.8 Å². The van der Waals surface area contributed by atoms with Crippen molar-refractivity contribution in [3.63, 3.8) is 0 Å². The van der Waals surface area contributed by atoms with Crippen LogP contribution in [0.4, 0.5) is 0 Å². The molecule has 2 N–H and O–H groups in total. The van der Waals surface area contributed by atoms with E-state index in [0.717, 1.165) is 36.5 Å².